The Morgan fingerprint density at radius 1 is 0.378 bits per heavy atom. The Balaban J connectivity index is 3.10. The summed E-state index contributed by atoms with van der Waals surface area (Å²) in [6.45, 7) is 16.5. The van der Waals surface area contributed by atoms with E-state index in [2.05, 4.69) is 0 Å². The summed E-state index contributed by atoms with van der Waals surface area (Å²) in [7, 11) is 0. The molecule has 0 aromatic rings. The van der Waals surface area contributed by atoms with Crippen molar-refractivity contribution in [1.82, 2.24) is 0 Å². The second kappa shape index (κ2) is 33.9. The van der Waals surface area contributed by atoms with Gasteiger partial charge >= 0.3 is 11.9 Å². The van der Waals surface area contributed by atoms with Crippen LogP contribution < -0.4 is 0 Å². The maximum Gasteiger partial charge on any atom is 0.332 e. The highest BCUT2D eigenvalue weighted by Crippen LogP contribution is 2.06. The van der Waals surface area contributed by atoms with Crippen LogP contribution >= 0.6 is 0 Å². The van der Waals surface area contributed by atoms with E-state index in [1.54, 1.807) is 0 Å². The summed E-state index contributed by atoms with van der Waals surface area (Å²) in [5, 5.41) is 0. The molecular formula is C30H58O15. The van der Waals surface area contributed by atoms with Gasteiger partial charge in [0.1, 0.15) is 18.8 Å². The lowest BCUT2D eigenvalue weighted by Gasteiger charge is -2.19. The molecule has 0 N–H and O–H groups in total. The molecule has 0 aromatic heterocycles. The van der Waals surface area contributed by atoms with Crippen LogP contribution in [0.25, 0.3) is 0 Å². The SMILES string of the molecule is CC(=O)OCCOCCOCCOCCOCCOCCOCCOCCOCCOCCOCCOCC(=O)OC(C)(C)C. The van der Waals surface area contributed by atoms with Gasteiger partial charge in [-0.3, -0.25) is 4.79 Å². The van der Waals surface area contributed by atoms with Crippen molar-refractivity contribution in [3.63, 3.8) is 0 Å². The van der Waals surface area contributed by atoms with Crippen molar-refractivity contribution in [3.05, 3.63) is 0 Å². The van der Waals surface area contributed by atoms with Gasteiger partial charge in [0.25, 0.3) is 0 Å². The zero-order chi connectivity index (χ0) is 33.1. The minimum absolute atomic E-state index is 0.0865. The van der Waals surface area contributed by atoms with E-state index in [4.69, 9.17) is 61.6 Å². The van der Waals surface area contributed by atoms with E-state index >= 15 is 0 Å². The maximum absolute atomic E-state index is 11.5. The third-order valence-corrected chi connectivity index (χ3v) is 4.89. The average molecular weight is 659 g/mol. The van der Waals surface area contributed by atoms with Gasteiger partial charge in [-0.2, -0.15) is 0 Å². The molecule has 0 amide bonds. The van der Waals surface area contributed by atoms with Gasteiger partial charge in [-0.05, 0) is 20.8 Å². The Hall–Kier alpha value is -1.50. The summed E-state index contributed by atoms with van der Waals surface area (Å²) in [5.41, 5.74) is -0.513. The smallest absolute Gasteiger partial charge is 0.332 e. The van der Waals surface area contributed by atoms with Crippen LogP contribution in [0.5, 0.6) is 0 Å². The molecule has 0 aliphatic rings. The molecule has 45 heavy (non-hydrogen) atoms. The highest BCUT2D eigenvalue weighted by atomic mass is 16.6. The fourth-order valence-electron chi connectivity index (χ4n) is 2.97. The summed E-state index contributed by atoms with van der Waals surface area (Å²) >= 11 is 0. The molecule has 0 fully saturated rings. The van der Waals surface area contributed by atoms with Crippen LogP contribution in [0.3, 0.4) is 0 Å². The first-order valence-corrected chi connectivity index (χ1v) is 15.5. The normalized spacial score (nSPS) is 11.6. The van der Waals surface area contributed by atoms with E-state index in [9.17, 15) is 9.59 Å². The number of ether oxygens (including phenoxy) is 13. The monoisotopic (exact) mass is 658 g/mol. The summed E-state index contributed by atoms with van der Waals surface area (Å²) in [6.07, 6.45) is 0. The van der Waals surface area contributed by atoms with Crippen molar-refractivity contribution in [3.8, 4) is 0 Å². The number of carbonyl (C=O) groups is 2. The van der Waals surface area contributed by atoms with Crippen LogP contribution in [0, 0.1) is 0 Å². The zero-order valence-corrected chi connectivity index (χ0v) is 27.9. The summed E-state index contributed by atoms with van der Waals surface area (Å²) in [6, 6.07) is 0. The van der Waals surface area contributed by atoms with Crippen LogP contribution in [0.15, 0.2) is 0 Å². The average Bonchev–Trinajstić information content (AvgIpc) is 2.98. The van der Waals surface area contributed by atoms with Gasteiger partial charge in [0.15, 0.2) is 0 Å². The first-order valence-electron chi connectivity index (χ1n) is 15.5. The predicted octanol–water partition coefficient (Wildman–Crippen LogP) is 1.07. The quantitative estimate of drug-likeness (QED) is 0.0704. The lowest BCUT2D eigenvalue weighted by molar-refractivity contribution is -0.160. The molecule has 0 bridgehead atoms. The number of carbonyl (C=O) groups excluding carboxylic acids is 2. The number of rotatable bonds is 35. The molecule has 0 spiro atoms. The fraction of sp³-hybridized carbons (Fsp3) is 0.933. The van der Waals surface area contributed by atoms with E-state index in [1.807, 2.05) is 20.8 Å². The predicted molar refractivity (Wildman–Crippen MR) is 161 cm³/mol. The second-order valence-corrected chi connectivity index (χ2v) is 10.1. The Morgan fingerprint density at radius 3 is 0.822 bits per heavy atom. The molecule has 15 nitrogen and oxygen atoms in total. The summed E-state index contributed by atoms with van der Waals surface area (Å²) < 4.78 is 69.2. The van der Waals surface area contributed by atoms with Gasteiger partial charge < -0.3 is 61.6 Å². The zero-order valence-electron chi connectivity index (χ0n) is 27.9. The molecule has 0 aliphatic heterocycles. The van der Waals surface area contributed by atoms with E-state index in [-0.39, 0.29) is 25.2 Å². The molecule has 0 aliphatic carbocycles. The standard InChI is InChI=1S/C30H58O15/c1-28(31)44-26-25-42-22-21-40-18-17-38-14-13-36-10-9-34-6-5-33-7-8-35-11-12-37-15-16-39-19-20-41-23-24-43-27-29(32)45-30(2,3)4/h5-27H2,1-4H3. The third-order valence-electron chi connectivity index (χ3n) is 4.89. The Labute approximate surface area is 268 Å². The lowest BCUT2D eigenvalue weighted by Crippen LogP contribution is -2.27. The second-order valence-electron chi connectivity index (χ2n) is 10.1. The van der Waals surface area contributed by atoms with Crippen LogP contribution in [0.2, 0.25) is 0 Å². The number of hydrogen-bond acceptors (Lipinski definition) is 15. The Morgan fingerprint density at radius 2 is 0.600 bits per heavy atom. The summed E-state index contributed by atoms with van der Waals surface area (Å²) in [4.78, 5) is 22.1. The van der Waals surface area contributed by atoms with Gasteiger partial charge in [0.05, 0.1) is 139 Å². The van der Waals surface area contributed by atoms with Gasteiger partial charge in [-0.25, -0.2) is 4.79 Å². The minimum atomic E-state index is -0.513. The first kappa shape index (κ1) is 43.5. The Bertz CT molecular complexity index is 645. The summed E-state index contributed by atoms with van der Waals surface area (Å²) in [5.74, 6) is -0.705. The van der Waals surface area contributed by atoms with Crippen molar-refractivity contribution in [2.45, 2.75) is 33.3 Å². The van der Waals surface area contributed by atoms with Crippen molar-refractivity contribution >= 4 is 11.9 Å². The van der Waals surface area contributed by atoms with Crippen molar-refractivity contribution in [2.24, 2.45) is 0 Å². The Kier molecular flexibility index (Phi) is 32.7. The van der Waals surface area contributed by atoms with Crippen molar-refractivity contribution in [2.75, 3.05) is 152 Å². The molecule has 0 atom stereocenters. The van der Waals surface area contributed by atoms with E-state index in [1.165, 1.54) is 6.92 Å². The highest BCUT2D eigenvalue weighted by molar-refractivity contribution is 5.71. The molecule has 0 saturated carbocycles. The topological polar surface area (TPSA) is 154 Å². The number of hydrogen-bond donors (Lipinski definition) is 0. The highest BCUT2D eigenvalue weighted by Gasteiger charge is 2.15. The van der Waals surface area contributed by atoms with Crippen LogP contribution in [-0.2, 0) is 71.2 Å². The molecule has 0 rings (SSSR count). The van der Waals surface area contributed by atoms with Gasteiger partial charge in [-0.1, -0.05) is 0 Å². The van der Waals surface area contributed by atoms with Crippen LogP contribution in [0.1, 0.15) is 27.7 Å². The fourth-order valence-corrected chi connectivity index (χ4v) is 2.97. The van der Waals surface area contributed by atoms with Crippen LogP contribution in [0.4, 0.5) is 0 Å². The molecule has 0 aromatic carbocycles. The van der Waals surface area contributed by atoms with E-state index in [0.29, 0.717) is 139 Å². The maximum atomic E-state index is 11.5. The van der Waals surface area contributed by atoms with E-state index in [0.717, 1.165) is 0 Å². The van der Waals surface area contributed by atoms with Crippen molar-refractivity contribution < 1.29 is 71.2 Å². The molecule has 0 unspecified atom stereocenters. The molecule has 0 radical (unpaired) electrons. The first-order chi connectivity index (χ1) is 21.8. The van der Waals surface area contributed by atoms with Gasteiger partial charge in [0, 0.05) is 6.92 Å². The number of esters is 2. The van der Waals surface area contributed by atoms with Crippen molar-refractivity contribution in [1.29, 1.82) is 0 Å². The van der Waals surface area contributed by atoms with Gasteiger partial charge in [0.2, 0.25) is 0 Å². The minimum Gasteiger partial charge on any atom is -0.463 e. The molecule has 0 heterocycles. The van der Waals surface area contributed by atoms with Crippen LogP contribution in [-0.4, -0.2) is 169 Å². The third kappa shape index (κ3) is 40.5. The largest absolute Gasteiger partial charge is 0.463 e. The molecular weight excluding hydrogens is 600 g/mol. The van der Waals surface area contributed by atoms with E-state index < -0.39 is 5.60 Å². The lowest BCUT2D eigenvalue weighted by atomic mass is 10.2. The molecule has 268 valence electrons. The molecule has 15 heteroatoms. The van der Waals surface area contributed by atoms with Gasteiger partial charge in [-0.15, -0.1) is 0 Å². The molecule has 0 saturated heterocycles.